The first-order valence-corrected chi connectivity index (χ1v) is 9.02. The molecule has 0 spiro atoms. The summed E-state index contributed by atoms with van der Waals surface area (Å²) in [4.78, 5) is 4.81. The van der Waals surface area contributed by atoms with Crippen LogP contribution in [0.25, 0.3) is 38.6 Å². The van der Waals surface area contributed by atoms with Gasteiger partial charge < -0.3 is 15.6 Å². The van der Waals surface area contributed by atoms with E-state index in [9.17, 15) is 10.4 Å². The molecule has 2 aromatic heterocycles. The maximum Gasteiger partial charge on any atom is 0.207 e. The van der Waals surface area contributed by atoms with Crippen LogP contribution in [-0.4, -0.2) is 21.8 Å². The molecular formula is C23H16N4O2. The number of fused-ring (bicyclic) bond motifs is 2. The Bertz CT molecular complexity index is 1420. The number of ether oxygens (including phenoxy) is 1. The highest BCUT2D eigenvalue weighted by atomic mass is 16.5. The number of benzene rings is 2. The van der Waals surface area contributed by atoms with E-state index < -0.39 is 0 Å². The zero-order valence-electron chi connectivity index (χ0n) is 15.5. The lowest BCUT2D eigenvalue weighted by Gasteiger charge is -2.12. The van der Waals surface area contributed by atoms with E-state index >= 15 is 0 Å². The van der Waals surface area contributed by atoms with Crippen molar-refractivity contribution in [2.45, 2.75) is 0 Å². The van der Waals surface area contributed by atoms with Crippen molar-refractivity contribution in [2.24, 2.45) is 0 Å². The summed E-state index contributed by atoms with van der Waals surface area (Å²) in [6.45, 7) is 0. The van der Waals surface area contributed by atoms with E-state index in [1.807, 2.05) is 48.6 Å². The normalized spacial score (nSPS) is 12.6. The van der Waals surface area contributed by atoms with Gasteiger partial charge in [0.25, 0.3) is 0 Å². The minimum Gasteiger partial charge on any atom is -0.495 e. The molecule has 0 aliphatic heterocycles. The van der Waals surface area contributed by atoms with Gasteiger partial charge in [-0.25, -0.2) is 4.98 Å². The lowest BCUT2D eigenvalue weighted by molar-refractivity contribution is 0.413. The number of nitriles is 1. The highest BCUT2D eigenvalue weighted by molar-refractivity contribution is 6.12. The van der Waals surface area contributed by atoms with E-state index in [2.05, 4.69) is 6.07 Å². The van der Waals surface area contributed by atoms with Gasteiger partial charge in [-0.3, -0.25) is 4.57 Å². The third-order valence-electron chi connectivity index (χ3n) is 5.25. The maximum atomic E-state index is 10.7. The number of aromatic nitrogens is 2. The van der Waals surface area contributed by atoms with E-state index in [-0.39, 0.29) is 5.88 Å². The average molecular weight is 380 g/mol. The molecule has 0 radical (unpaired) electrons. The van der Waals surface area contributed by atoms with Gasteiger partial charge in [-0.1, -0.05) is 36.4 Å². The second-order valence-electron chi connectivity index (χ2n) is 6.76. The van der Waals surface area contributed by atoms with Crippen molar-refractivity contribution >= 4 is 33.2 Å². The fraction of sp³-hybridized carbons (Fsp3) is 0.0435. The molecule has 140 valence electrons. The van der Waals surface area contributed by atoms with Crippen LogP contribution in [-0.2, 0) is 0 Å². The largest absolute Gasteiger partial charge is 0.495 e. The van der Waals surface area contributed by atoms with Crippen molar-refractivity contribution in [3.63, 3.8) is 0 Å². The Morgan fingerprint density at radius 3 is 2.62 bits per heavy atom. The first-order valence-electron chi connectivity index (χ1n) is 9.02. The molecule has 6 heteroatoms. The molecular weight excluding hydrogens is 364 g/mol. The Balaban J connectivity index is 1.85. The number of pyridine rings is 1. The topological polar surface area (TPSA) is 97.1 Å². The molecule has 0 saturated heterocycles. The first-order chi connectivity index (χ1) is 14.1. The fourth-order valence-corrected chi connectivity index (χ4v) is 3.76. The molecule has 0 saturated carbocycles. The number of nitrogen functional groups attached to an aromatic ring is 1. The smallest absolute Gasteiger partial charge is 0.207 e. The highest BCUT2D eigenvalue weighted by Gasteiger charge is 2.20. The number of anilines is 1. The van der Waals surface area contributed by atoms with Crippen LogP contribution in [0.3, 0.4) is 0 Å². The molecule has 2 aromatic carbocycles. The number of para-hydroxylation sites is 1. The number of rotatable bonds is 3. The van der Waals surface area contributed by atoms with Crippen molar-refractivity contribution in [3.05, 3.63) is 66.4 Å². The van der Waals surface area contributed by atoms with Crippen molar-refractivity contribution in [2.75, 3.05) is 12.8 Å². The van der Waals surface area contributed by atoms with E-state index in [4.69, 9.17) is 15.5 Å². The summed E-state index contributed by atoms with van der Waals surface area (Å²) in [6, 6.07) is 13.3. The van der Waals surface area contributed by atoms with Gasteiger partial charge in [-0.2, -0.15) is 5.26 Å². The molecule has 29 heavy (non-hydrogen) atoms. The van der Waals surface area contributed by atoms with Gasteiger partial charge in [0.05, 0.1) is 29.2 Å². The number of nitrogens with two attached hydrogens (primary N) is 1. The number of aromatic hydroxyl groups is 1. The molecule has 0 amide bonds. The SMILES string of the molecule is COc1cccc(-c2cccc3c(N)c4c(O)n(C5=CC=C5)cc4nc23)c1C#N. The van der Waals surface area contributed by atoms with Crippen LogP contribution in [0.1, 0.15) is 5.56 Å². The molecule has 0 atom stereocenters. The number of allylic oxidation sites excluding steroid dienone is 4. The quantitative estimate of drug-likeness (QED) is 0.548. The summed E-state index contributed by atoms with van der Waals surface area (Å²) in [7, 11) is 1.54. The standard InChI is InChI=1S/C23H16N4O2/c1-29-19-10-4-7-14(17(19)11-24)15-8-3-9-16-21(25)20-18(26-22(15)16)12-27(23(20)28)13-5-2-6-13/h2-10,12,28H,25H2,1H3. The Hall–Kier alpha value is -4.24. The van der Waals surface area contributed by atoms with Crippen LogP contribution in [0, 0.1) is 11.3 Å². The minimum atomic E-state index is 0.0620. The predicted octanol–water partition coefficient (Wildman–Crippen LogP) is 4.44. The molecule has 1 aliphatic carbocycles. The third-order valence-corrected chi connectivity index (χ3v) is 5.25. The summed E-state index contributed by atoms with van der Waals surface area (Å²) < 4.78 is 7.02. The number of hydrogen-bond donors (Lipinski definition) is 2. The molecule has 0 fully saturated rings. The van der Waals surface area contributed by atoms with Gasteiger partial charge in [-0.15, -0.1) is 0 Å². The number of hydrogen-bond acceptors (Lipinski definition) is 5. The van der Waals surface area contributed by atoms with Gasteiger partial charge in [0.2, 0.25) is 5.88 Å². The lowest BCUT2D eigenvalue weighted by Crippen LogP contribution is -1.96. The van der Waals surface area contributed by atoms with Gasteiger partial charge >= 0.3 is 0 Å². The summed E-state index contributed by atoms with van der Waals surface area (Å²) in [6.07, 6.45) is 7.46. The van der Waals surface area contributed by atoms with Crippen molar-refractivity contribution in [1.82, 2.24) is 9.55 Å². The Kier molecular flexibility index (Phi) is 3.58. The van der Waals surface area contributed by atoms with E-state index in [1.165, 1.54) is 7.11 Å². The maximum absolute atomic E-state index is 10.7. The Morgan fingerprint density at radius 2 is 1.93 bits per heavy atom. The fourth-order valence-electron chi connectivity index (χ4n) is 3.76. The lowest BCUT2D eigenvalue weighted by atomic mass is 9.96. The van der Waals surface area contributed by atoms with Crippen molar-refractivity contribution < 1.29 is 9.84 Å². The van der Waals surface area contributed by atoms with Gasteiger partial charge in [0.1, 0.15) is 17.4 Å². The van der Waals surface area contributed by atoms with Crippen LogP contribution >= 0.6 is 0 Å². The second kappa shape index (κ2) is 6.14. The average Bonchev–Trinajstić information content (AvgIpc) is 3.02. The van der Waals surface area contributed by atoms with Crippen molar-refractivity contribution in [1.29, 1.82) is 5.26 Å². The van der Waals surface area contributed by atoms with Crippen LogP contribution < -0.4 is 10.5 Å². The van der Waals surface area contributed by atoms with Gasteiger partial charge in [0, 0.05) is 28.4 Å². The number of nitrogens with zero attached hydrogens (tertiary/aromatic N) is 3. The monoisotopic (exact) mass is 380 g/mol. The molecule has 4 aromatic rings. The van der Waals surface area contributed by atoms with Crippen LogP contribution in [0.15, 0.2) is 60.8 Å². The summed E-state index contributed by atoms with van der Waals surface area (Å²) in [5.74, 6) is 0.565. The molecule has 0 unspecified atom stereocenters. The second-order valence-corrected chi connectivity index (χ2v) is 6.76. The highest BCUT2D eigenvalue weighted by Crippen LogP contribution is 2.41. The van der Waals surface area contributed by atoms with E-state index in [1.54, 1.807) is 16.8 Å². The first kappa shape index (κ1) is 16.9. The van der Waals surface area contributed by atoms with E-state index in [0.29, 0.717) is 38.8 Å². The van der Waals surface area contributed by atoms with E-state index in [0.717, 1.165) is 16.8 Å². The molecule has 2 heterocycles. The minimum absolute atomic E-state index is 0.0620. The number of methoxy groups -OCH3 is 1. The van der Waals surface area contributed by atoms with Gasteiger partial charge in [0.15, 0.2) is 0 Å². The van der Waals surface area contributed by atoms with Gasteiger partial charge in [-0.05, 0) is 18.2 Å². The molecule has 1 aliphatic rings. The summed E-state index contributed by atoms with van der Waals surface area (Å²) >= 11 is 0. The molecule has 0 bridgehead atoms. The summed E-state index contributed by atoms with van der Waals surface area (Å²) in [5, 5.41) is 21.6. The zero-order chi connectivity index (χ0) is 20.1. The molecule has 5 rings (SSSR count). The van der Waals surface area contributed by atoms with Crippen LogP contribution in [0.4, 0.5) is 5.69 Å². The molecule has 6 nitrogen and oxygen atoms in total. The Labute approximate surface area is 166 Å². The Morgan fingerprint density at radius 1 is 1.17 bits per heavy atom. The summed E-state index contributed by atoms with van der Waals surface area (Å²) in [5.41, 5.74) is 11.0. The van der Waals surface area contributed by atoms with Crippen LogP contribution in [0.5, 0.6) is 11.6 Å². The third kappa shape index (κ3) is 2.31. The van der Waals surface area contributed by atoms with Crippen molar-refractivity contribution in [3.8, 4) is 28.8 Å². The zero-order valence-corrected chi connectivity index (χ0v) is 15.5. The predicted molar refractivity (Wildman–Crippen MR) is 113 cm³/mol. The molecule has 3 N–H and O–H groups in total. The van der Waals surface area contributed by atoms with Crippen LogP contribution in [0.2, 0.25) is 0 Å².